The van der Waals surface area contributed by atoms with Crippen molar-refractivity contribution in [3.05, 3.63) is 40.4 Å². The molecule has 1 atom stereocenters. The Labute approximate surface area is 169 Å². The number of benzene rings is 1. The van der Waals surface area contributed by atoms with Gasteiger partial charge in [0, 0.05) is 43.8 Å². The van der Waals surface area contributed by atoms with Crippen LogP contribution in [0.25, 0.3) is 0 Å². The Bertz CT molecular complexity index is 772. The number of thiazole rings is 1. The van der Waals surface area contributed by atoms with Crippen molar-refractivity contribution in [1.82, 2.24) is 15.2 Å². The molecule has 0 aliphatic carbocycles. The van der Waals surface area contributed by atoms with Crippen LogP contribution in [0.15, 0.2) is 40.0 Å². The highest BCUT2D eigenvalue weighted by atomic mass is 35.5. The number of nitrogens with one attached hydrogen (secondary N) is 1. The molecule has 144 valence electrons. The number of hydrogen-bond donors (Lipinski definition) is 1. The minimum atomic E-state index is 0.261. The smallest absolute Gasteiger partial charge is 0.229 e. The standard InChI is InChI=1S/C19H26ClN6S/c1-15(21-4-9-26-10-6-25(7-11-26)8-12-26)16-2-3-18(17(20)14-16)23-24-19-22-5-13-27-19/h2-3,5,13-15,21H,4,6-12H2,1H3/q+1. The Morgan fingerprint density at radius 2 is 2.04 bits per heavy atom. The van der Waals surface area contributed by atoms with Gasteiger partial charge in [-0.2, -0.15) is 0 Å². The molecule has 2 aromatic rings. The number of halogens is 1. The first-order valence-electron chi connectivity index (χ1n) is 9.55. The van der Waals surface area contributed by atoms with E-state index in [1.807, 2.05) is 17.5 Å². The molecule has 0 spiro atoms. The van der Waals surface area contributed by atoms with Gasteiger partial charge in [0.2, 0.25) is 5.13 Å². The molecule has 6 nitrogen and oxygen atoms in total. The fourth-order valence-electron chi connectivity index (χ4n) is 3.94. The fraction of sp³-hybridized carbons (Fsp3) is 0.526. The quantitative estimate of drug-likeness (QED) is 0.559. The zero-order valence-corrected chi connectivity index (χ0v) is 17.2. The van der Waals surface area contributed by atoms with E-state index in [-0.39, 0.29) is 6.04 Å². The molecule has 1 unspecified atom stereocenters. The molecule has 1 aromatic heterocycles. The van der Waals surface area contributed by atoms with E-state index in [0.29, 0.717) is 15.8 Å². The summed E-state index contributed by atoms with van der Waals surface area (Å²) in [6, 6.07) is 6.25. The number of azo groups is 1. The van der Waals surface area contributed by atoms with Gasteiger partial charge in [0.05, 0.1) is 31.2 Å². The summed E-state index contributed by atoms with van der Waals surface area (Å²) in [5.41, 5.74) is 1.85. The van der Waals surface area contributed by atoms with Gasteiger partial charge in [-0.25, -0.2) is 4.98 Å². The summed E-state index contributed by atoms with van der Waals surface area (Å²) in [5.74, 6) is 0. The Hall–Kier alpha value is -1.38. The lowest BCUT2D eigenvalue weighted by atomic mass is 10.1. The maximum Gasteiger partial charge on any atom is 0.229 e. The molecule has 0 radical (unpaired) electrons. The van der Waals surface area contributed by atoms with Crippen LogP contribution in [-0.4, -0.2) is 66.7 Å². The number of hydrogen-bond acceptors (Lipinski definition) is 6. The summed E-state index contributed by atoms with van der Waals surface area (Å²) in [4.78, 5) is 6.68. The van der Waals surface area contributed by atoms with Gasteiger partial charge < -0.3 is 9.80 Å². The van der Waals surface area contributed by atoms with Crippen molar-refractivity contribution in [3.8, 4) is 0 Å². The Morgan fingerprint density at radius 3 is 2.70 bits per heavy atom. The first-order valence-corrected chi connectivity index (χ1v) is 10.8. The van der Waals surface area contributed by atoms with Gasteiger partial charge in [0.15, 0.2) is 0 Å². The third-order valence-electron chi connectivity index (χ3n) is 5.84. The number of piperazine rings is 3. The summed E-state index contributed by atoms with van der Waals surface area (Å²) in [5, 5.41) is 15.1. The average molecular weight is 406 g/mol. The van der Waals surface area contributed by atoms with Crippen LogP contribution in [-0.2, 0) is 0 Å². The highest BCUT2D eigenvalue weighted by Gasteiger charge is 2.37. The minimum Gasteiger partial charge on any atom is -0.319 e. The highest BCUT2D eigenvalue weighted by molar-refractivity contribution is 7.13. The van der Waals surface area contributed by atoms with Gasteiger partial charge >= 0.3 is 0 Å². The summed E-state index contributed by atoms with van der Waals surface area (Å²) < 4.78 is 1.28. The molecular weight excluding hydrogens is 380 g/mol. The SMILES string of the molecule is CC(NCC[N+]12CCN(CC1)CC2)c1ccc(N=Nc2nccs2)c(Cl)c1. The summed E-state index contributed by atoms with van der Waals surface area (Å²) in [6.45, 7) is 12.2. The lowest BCUT2D eigenvalue weighted by Crippen LogP contribution is -2.68. The first-order chi connectivity index (χ1) is 13.1. The predicted octanol–water partition coefficient (Wildman–Crippen LogP) is 4.01. The summed E-state index contributed by atoms with van der Waals surface area (Å²) in [6.07, 6.45) is 1.71. The molecule has 2 bridgehead atoms. The lowest BCUT2D eigenvalue weighted by Gasteiger charge is -2.50. The number of rotatable bonds is 7. The highest BCUT2D eigenvalue weighted by Crippen LogP contribution is 2.30. The molecule has 1 aromatic carbocycles. The van der Waals surface area contributed by atoms with Crippen molar-refractivity contribution in [1.29, 1.82) is 0 Å². The van der Waals surface area contributed by atoms with Crippen LogP contribution in [0.2, 0.25) is 5.02 Å². The monoisotopic (exact) mass is 405 g/mol. The largest absolute Gasteiger partial charge is 0.319 e. The molecule has 1 N–H and O–H groups in total. The maximum absolute atomic E-state index is 6.41. The maximum atomic E-state index is 6.41. The molecule has 0 saturated carbocycles. The molecule has 5 rings (SSSR count). The minimum absolute atomic E-state index is 0.261. The lowest BCUT2D eigenvalue weighted by molar-refractivity contribution is -0.939. The number of fused-ring (bicyclic) bond motifs is 3. The van der Waals surface area contributed by atoms with Gasteiger partial charge in [-0.15, -0.1) is 21.6 Å². The molecule has 3 aliphatic heterocycles. The van der Waals surface area contributed by atoms with Gasteiger partial charge in [0.1, 0.15) is 5.69 Å². The van der Waals surface area contributed by atoms with Gasteiger partial charge in [-0.1, -0.05) is 17.7 Å². The second kappa shape index (κ2) is 8.32. The summed E-state index contributed by atoms with van der Waals surface area (Å²) in [7, 11) is 0. The van der Waals surface area contributed by atoms with E-state index in [2.05, 4.69) is 38.4 Å². The molecule has 8 heteroatoms. The first kappa shape index (κ1) is 19.0. The molecule has 4 heterocycles. The van der Waals surface area contributed by atoms with Crippen molar-refractivity contribution < 1.29 is 4.48 Å². The zero-order valence-electron chi connectivity index (χ0n) is 15.6. The van der Waals surface area contributed by atoms with E-state index in [1.165, 1.54) is 67.2 Å². The van der Waals surface area contributed by atoms with E-state index in [0.717, 1.165) is 6.54 Å². The molecular formula is C19H26ClN6S+. The van der Waals surface area contributed by atoms with Crippen molar-refractivity contribution in [2.75, 3.05) is 52.4 Å². The van der Waals surface area contributed by atoms with Crippen LogP contribution in [0, 0.1) is 0 Å². The van der Waals surface area contributed by atoms with Crippen molar-refractivity contribution in [2.24, 2.45) is 10.2 Å². The number of quaternary nitrogens is 1. The molecule has 3 aliphatic rings. The molecule has 3 fully saturated rings. The second-order valence-electron chi connectivity index (χ2n) is 7.48. The third kappa shape index (κ3) is 4.55. The van der Waals surface area contributed by atoms with Crippen LogP contribution in [0.3, 0.4) is 0 Å². The number of nitrogens with zero attached hydrogens (tertiary/aromatic N) is 5. The molecule has 3 saturated heterocycles. The van der Waals surface area contributed by atoms with Crippen molar-refractivity contribution >= 4 is 33.8 Å². The van der Waals surface area contributed by atoms with Gasteiger partial charge in [-0.05, 0) is 24.6 Å². The summed E-state index contributed by atoms with van der Waals surface area (Å²) >= 11 is 7.87. The van der Waals surface area contributed by atoms with Crippen LogP contribution >= 0.6 is 22.9 Å². The predicted molar refractivity (Wildman–Crippen MR) is 110 cm³/mol. The van der Waals surface area contributed by atoms with Crippen LogP contribution in [0.4, 0.5) is 10.8 Å². The normalized spacial score (nSPS) is 25.9. The molecule has 0 amide bonds. The van der Waals surface area contributed by atoms with E-state index < -0.39 is 0 Å². The van der Waals surface area contributed by atoms with Crippen molar-refractivity contribution in [3.63, 3.8) is 0 Å². The molecule has 27 heavy (non-hydrogen) atoms. The average Bonchev–Trinajstić information content (AvgIpc) is 3.22. The van der Waals surface area contributed by atoms with Crippen molar-refractivity contribution in [2.45, 2.75) is 13.0 Å². The van der Waals surface area contributed by atoms with Crippen LogP contribution < -0.4 is 5.32 Å². The van der Waals surface area contributed by atoms with E-state index in [4.69, 9.17) is 11.6 Å². The Balaban J connectivity index is 1.32. The second-order valence-corrected chi connectivity index (χ2v) is 8.76. The van der Waals surface area contributed by atoms with Gasteiger partial charge in [0.25, 0.3) is 0 Å². The zero-order chi connectivity index (χ0) is 18.7. The topological polar surface area (TPSA) is 52.9 Å². The third-order valence-corrected chi connectivity index (χ3v) is 6.80. The van der Waals surface area contributed by atoms with E-state index in [1.54, 1.807) is 6.20 Å². The van der Waals surface area contributed by atoms with E-state index >= 15 is 0 Å². The van der Waals surface area contributed by atoms with Crippen LogP contribution in [0.5, 0.6) is 0 Å². The fourth-order valence-corrected chi connectivity index (χ4v) is 4.62. The van der Waals surface area contributed by atoms with Crippen LogP contribution in [0.1, 0.15) is 18.5 Å². The Kier molecular flexibility index (Phi) is 5.85. The Morgan fingerprint density at radius 1 is 1.26 bits per heavy atom. The number of aromatic nitrogens is 1. The van der Waals surface area contributed by atoms with Gasteiger partial charge in [-0.3, -0.25) is 4.90 Å². The van der Waals surface area contributed by atoms with E-state index in [9.17, 15) is 0 Å².